The van der Waals surface area contributed by atoms with Crippen LogP contribution >= 0.6 is 0 Å². The zero-order valence-corrected chi connectivity index (χ0v) is 16.7. The van der Waals surface area contributed by atoms with E-state index in [9.17, 15) is 9.59 Å². The molecular formula is C23H31NO4. The molecule has 1 amide bonds. The molecule has 1 N–H and O–H groups in total. The molecule has 0 aromatic heterocycles. The van der Waals surface area contributed by atoms with E-state index < -0.39 is 0 Å². The Morgan fingerprint density at radius 2 is 1.64 bits per heavy atom. The number of carbonyl (C=O) groups is 2. The van der Waals surface area contributed by atoms with Crippen LogP contribution in [0.5, 0.6) is 5.75 Å². The number of hydrogen-bond acceptors (Lipinski definition) is 4. The van der Waals surface area contributed by atoms with Gasteiger partial charge >= 0.3 is 5.97 Å². The van der Waals surface area contributed by atoms with Crippen molar-refractivity contribution in [2.24, 2.45) is 23.2 Å². The van der Waals surface area contributed by atoms with Gasteiger partial charge in [-0.15, -0.1) is 0 Å². The number of amides is 1. The second-order valence-corrected chi connectivity index (χ2v) is 9.19. The van der Waals surface area contributed by atoms with Crippen molar-refractivity contribution < 1.29 is 19.1 Å². The van der Waals surface area contributed by atoms with Crippen LogP contribution in [-0.2, 0) is 20.7 Å². The smallest absolute Gasteiger partial charge is 0.325 e. The molecule has 1 aromatic carbocycles. The Morgan fingerprint density at radius 3 is 2.21 bits per heavy atom. The summed E-state index contributed by atoms with van der Waals surface area (Å²) in [7, 11) is 1.63. The van der Waals surface area contributed by atoms with E-state index in [0.29, 0.717) is 19.4 Å². The summed E-state index contributed by atoms with van der Waals surface area (Å²) in [5.74, 6) is 2.95. The maximum atomic E-state index is 12.5. The predicted octanol–water partition coefficient (Wildman–Crippen LogP) is 3.50. The number of carbonyl (C=O) groups excluding carboxylic acids is 2. The maximum Gasteiger partial charge on any atom is 0.325 e. The molecule has 0 atom stereocenters. The van der Waals surface area contributed by atoms with Crippen molar-refractivity contribution in [1.82, 2.24) is 5.32 Å². The lowest BCUT2D eigenvalue weighted by molar-refractivity contribution is -0.144. The third-order valence-corrected chi connectivity index (χ3v) is 6.94. The van der Waals surface area contributed by atoms with Crippen LogP contribution in [0.3, 0.4) is 0 Å². The van der Waals surface area contributed by atoms with E-state index in [4.69, 9.17) is 9.47 Å². The number of esters is 1. The summed E-state index contributed by atoms with van der Waals surface area (Å²) < 4.78 is 10.4. The molecule has 4 saturated carbocycles. The summed E-state index contributed by atoms with van der Waals surface area (Å²) in [6.07, 6.45) is 8.98. The van der Waals surface area contributed by atoms with Crippen LogP contribution < -0.4 is 10.1 Å². The van der Waals surface area contributed by atoms with Crippen molar-refractivity contribution in [2.75, 3.05) is 20.3 Å². The van der Waals surface area contributed by atoms with Crippen molar-refractivity contribution in [3.05, 3.63) is 29.8 Å². The normalized spacial score (nSPS) is 30.1. The lowest BCUT2D eigenvalue weighted by Gasteiger charge is -2.56. The van der Waals surface area contributed by atoms with E-state index in [2.05, 4.69) is 5.32 Å². The van der Waals surface area contributed by atoms with Gasteiger partial charge in [-0.05, 0) is 79.4 Å². The molecule has 0 aliphatic heterocycles. The highest BCUT2D eigenvalue weighted by molar-refractivity contribution is 5.82. The van der Waals surface area contributed by atoms with Crippen LogP contribution in [0.4, 0.5) is 0 Å². The number of methoxy groups -OCH3 is 1. The number of nitrogens with one attached hydrogen (secondary N) is 1. The van der Waals surface area contributed by atoms with Crippen molar-refractivity contribution >= 4 is 11.9 Å². The lowest BCUT2D eigenvalue weighted by atomic mass is 9.49. The molecule has 28 heavy (non-hydrogen) atoms. The molecule has 5 nitrogen and oxygen atoms in total. The van der Waals surface area contributed by atoms with E-state index in [-0.39, 0.29) is 23.8 Å². The van der Waals surface area contributed by atoms with Crippen LogP contribution in [0.2, 0.25) is 0 Å². The first-order valence-electron chi connectivity index (χ1n) is 10.6. The van der Waals surface area contributed by atoms with Gasteiger partial charge < -0.3 is 14.8 Å². The first-order chi connectivity index (χ1) is 13.5. The second kappa shape index (κ2) is 8.14. The van der Waals surface area contributed by atoms with Gasteiger partial charge in [0.25, 0.3) is 0 Å². The summed E-state index contributed by atoms with van der Waals surface area (Å²) in [4.78, 5) is 24.4. The Bertz CT molecular complexity index is 677. The summed E-state index contributed by atoms with van der Waals surface area (Å²) >= 11 is 0. The molecule has 0 radical (unpaired) electrons. The van der Waals surface area contributed by atoms with E-state index in [1.165, 1.54) is 38.5 Å². The topological polar surface area (TPSA) is 64.6 Å². The summed E-state index contributed by atoms with van der Waals surface area (Å²) in [5, 5.41) is 2.79. The molecule has 0 heterocycles. The number of hydrogen-bond donors (Lipinski definition) is 1. The highest BCUT2D eigenvalue weighted by Gasteiger charge is 2.51. The summed E-state index contributed by atoms with van der Waals surface area (Å²) in [5.41, 5.74) is 1.29. The minimum atomic E-state index is -0.368. The fourth-order valence-corrected chi connectivity index (χ4v) is 6.21. The van der Waals surface area contributed by atoms with E-state index in [0.717, 1.165) is 29.1 Å². The highest BCUT2D eigenvalue weighted by Crippen LogP contribution is 2.61. The molecule has 4 bridgehead atoms. The molecule has 0 unspecified atom stereocenters. The minimum absolute atomic E-state index is 0.00838. The average Bonchev–Trinajstić information content (AvgIpc) is 2.65. The summed E-state index contributed by atoms with van der Waals surface area (Å²) in [6.45, 7) is 0.282. The quantitative estimate of drug-likeness (QED) is 0.696. The molecule has 4 aliphatic carbocycles. The molecule has 152 valence electrons. The third kappa shape index (κ3) is 4.50. The molecule has 4 fully saturated rings. The van der Waals surface area contributed by atoms with Crippen LogP contribution in [0.15, 0.2) is 24.3 Å². The van der Waals surface area contributed by atoms with E-state index in [1.807, 2.05) is 24.3 Å². The van der Waals surface area contributed by atoms with Gasteiger partial charge in [0, 0.05) is 12.8 Å². The van der Waals surface area contributed by atoms with Gasteiger partial charge in [-0.2, -0.15) is 0 Å². The summed E-state index contributed by atoms with van der Waals surface area (Å²) in [6, 6.07) is 7.70. The zero-order chi connectivity index (χ0) is 19.6. The van der Waals surface area contributed by atoms with Gasteiger partial charge in [0.2, 0.25) is 5.91 Å². The molecule has 1 aromatic rings. The van der Waals surface area contributed by atoms with Crippen molar-refractivity contribution in [3.63, 3.8) is 0 Å². The fraction of sp³-hybridized carbons (Fsp3) is 0.652. The fourth-order valence-electron chi connectivity index (χ4n) is 6.21. The van der Waals surface area contributed by atoms with Crippen molar-refractivity contribution in [3.8, 4) is 5.75 Å². The van der Waals surface area contributed by atoms with Crippen LogP contribution in [0.1, 0.15) is 50.5 Å². The monoisotopic (exact) mass is 385 g/mol. The Kier molecular flexibility index (Phi) is 5.61. The molecule has 5 rings (SSSR count). The Morgan fingerprint density at radius 1 is 1.04 bits per heavy atom. The molecule has 0 saturated heterocycles. The van der Waals surface area contributed by atoms with Gasteiger partial charge in [0.05, 0.1) is 13.7 Å². The molecule has 0 spiro atoms. The van der Waals surface area contributed by atoms with E-state index in [1.54, 1.807) is 7.11 Å². The van der Waals surface area contributed by atoms with Crippen LogP contribution in [0, 0.1) is 23.2 Å². The largest absolute Gasteiger partial charge is 0.497 e. The zero-order valence-electron chi connectivity index (χ0n) is 16.7. The van der Waals surface area contributed by atoms with Gasteiger partial charge in [0.1, 0.15) is 12.3 Å². The standard InChI is InChI=1S/C23H31NO4/c1-27-20-4-2-16(3-5-20)6-7-28-22(26)15-24-21(25)14-23-11-17-8-18(12-23)10-19(9-17)13-23/h2-5,17-19H,6-15H2,1H3,(H,24,25). The highest BCUT2D eigenvalue weighted by atomic mass is 16.5. The third-order valence-electron chi connectivity index (χ3n) is 6.94. The van der Waals surface area contributed by atoms with Gasteiger partial charge in [-0.25, -0.2) is 0 Å². The first kappa shape index (κ1) is 19.3. The molecule has 5 heteroatoms. The number of ether oxygens (including phenoxy) is 2. The van der Waals surface area contributed by atoms with Crippen LogP contribution in [-0.4, -0.2) is 32.1 Å². The maximum absolute atomic E-state index is 12.5. The lowest BCUT2D eigenvalue weighted by Crippen LogP contribution is -2.48. The van der Waals surface area contributed by atoms with E-state index >= 15 is 0 Å². The Hall–Kier alpha value is -2.04. The van der Waals surface area contributed by atoms with Gasteiger partial charge in [-0.1, -0.05) is 12.1 Å². The van der Waals surface area contributed by atoms with Crippen LogP contribution in [0.25, 0.3) is 0 Å². The van der Waals surface area contributed by atoms with Gasteiger partial charge in [-0.3, -0.25) is 9.59 Å². The minimum Gasteiger partial charge on any atom is -0.497 e. The van der Waals surface area contributed by atoms with Crippen molar-refractivity contribution in [2.45, 2.75) is 51.4 Å². The SMILES string of the molecule is COc1ccc(CCOC(=O)CNC(=O)CC23CC4CC(CC(C4)C2)C3)cc1. The number of benzene rings is 1. The molecular weight excluding hydrogens is 354 g/mol. The van der Waals surface area contributed by atoms with Crippen molar-refractivity contribution in [1.29, 1.82) is 0 Å². The number of rotatable bonds is 8. The average molecular weight is 386 g/mol. The second-order valence-electron chi connectivity index (χ2n) is 9.19. The Labute approximate surface area is 167 Å². The van der Waals surface area contributed by atoms with Gasteiger partial charge in [0.15, 0.2) is 0 Å². The first-order valence-corrected chi connectivity index (χ1v) is 10.6. The Balaban J connectivity index is 1.16. The molecule has 4 aliphatic rings. The predicted molar refractivity (Wildman–Crippen MR) is 106 cm³/mol.